The number of rotatable bonds is 22. The van der Waals surface area contributed by atoms with Crippen LogP contribution in [0.3, 0.4) is 0 Å². The van der Waals surface area contributed by atoms with Crippen molar-refractivity contribution < 1.29 is 38.0 Å². The van der Waals surface area contributed by atoms with Gasteiger partial charge in [0.25, 0.3) is 0 Å². The molecule has 1 fully saturated rings. The number of carbonyl (C=O) groups is 2. The molecule has 1 saturated heterocycles. The smallest absolute Gasteiger partial charge is 0.343 e. The minimum Gasteiger partial charge on any atom is -0.494 e. The Morgan fingerprint density at radius 1 is 0.574 bits per heavy atom. The molecule has 0 N–H and O–H groups in total. The summed E-state index contributed by atoms with van der Waals surface area (Å²) in [5.74, 6) is 1.61. The van der Waals surface area contributed by atoms with E-state index in [2.05, 4.69) is 13.8 Å². The van der Waals surface area contributed by atoms with Crippen LogP contribution in [-0.4, -0.2) is 51.6 Å². The van der Waals surface area contributed by atoms with Crippen molar-refractivity contribution in [3.63, 3.8) is 0 Å². The van der Waals surface area contributed by atoms with E-state index in [1.165, 1.54) is 32.1 Å². The van der Waals surface area contributed by atoms with Crippen LogP contribution in [0.4, 0.5) is 0 Å². The Morgan fingerprint density at radius 2 is 1.02 bits per heavy atom. The topological polar surface area (TPSA) is 89.5 Å². The molecule has 0 atom stereocenters. The molecule has 8 nitrogen and oxygen atoms in total. The summed E-state index contributed by atoms with van der Waals surface area (Å²) in [6, 6.07) is 25.6. The van der Waals surface area contributed by atoms with Crippen molar-refractivity contribution in [2.24, 2.45) is 5.41 Å². The maximum Gasteiger partial charge on any atom is 0.343 e. The molecule has 0 bridgehead atoms. The molecule has 1 aliphatic heterocycles. The molecular weight excluding hydrogens is 680 g/mol. The molecule has 4 aromatic rings. The van der Waals surface area contributed by atoms with E-state index in [0.29, 0.717) is 42.3 Å². The Bertz CT molecular complexity index is 1810. The summed E-state index contributed by atoms with van der Waals surface area (Å²) < 4.78 is 34.3. The van der Waals surface area contributed by atoms with Gasteiger partial charge in [-0.2, -0.15) is 0 Å². The summed E-state index contributed by atoms with van der Waals surface area (Å²) in [4.78, 5) is 25.9. The van der Waals surface area contributed by atoms with E-state index in [1.807, 2.05) is 48.5 Å². The molecule has 2 aliphatic rings. The SMILES string of the molecule is CCCCCCCCOc1ccc(C(=O)Oc2ccc3c(c2)Cc2cc(OC(=O)c4ccc(OCCCCCCOCC5(C)COC5)cc4)ccc2-3)cc1. The fourth-order valence-corrected chi connectivity index (χ4v) is 6.77. The average molecular weight is 735 g/mol. The fourth-order valence-electron chi connectivity index (χ4n) is 6.77. The van der Waals surface area contributed by atoms with E-state index in [0.717, 1.165) is 92.3 Å². The lowest BCUT2D eigenvalue weighted by Crippen LogP contribution is -2.43. The van der Waals surface area contributed by atoms with Crippen molar-refractivity contribution in [1.29, 1.82) is 0 Å². The molecule has 0 aromatic heterocycles. The van der Waals surface area contributed by atoms with Crippen molar-refractivity contribution in [2.75, 3.05) is 39.6 Å². The van der Waals surface area contributed by atoms with Crippen LogP contribution in [0.15, 0.2) is 84.9 Å². The summed E-state index contributed by atoms with van der Waals surface area (Å²) in [6.45, 7) is 8.89. The van der Waals surface area contributed by atoms with Gasteiger partial charge in [-0.3, -0.25) is 0 Å². The van der Waals surface area contributed by atoms with E-state index in [-0.39, 0.29) is 5.41 Å². The summed E-state index contributed by atoms with van der Waals surface area (Å²) in [5, 5.41) is 0. The molecular formula is C46H54O8. The molecule has 0 amide bonds. The highest BCUT2D eigenvalue weighted by molar-refractivity contribution is 5.92. The number of unbranched alkanes of at least 4 members (excludes halogenated alkanes) is 8. The van der Waals surface area contributed by atoms with Gasteiger partial charge in [0.15, 0.2) is 0 Å². The molecule has 1 aliphatic carbocycles. The van der Waals surface area contributed by atoms with Gasteiger partial charge in [-0.1, -0.05) is 64.5 Å². The Morgan fingerprint density at radius 3 is 1.48 bits per heavy atom. The first-order chi connectivity index (χ1) is 26.4. The van der Waals surface area contributed by atoms with Crippen LogP contribution in [0.1, 0.15) is 110 Å². The summed E-state index contributed by atoms with van der Waals surface area (Å²) in [5.41, 5.74) is 5.37. The molecule has 1 heterocycles. The molecule has 0 saturated carbocycles. The number of benzene rings is 4. The third kappa shape index (κ3) is 11.2. The first-order valence-corrected chi connectivity index (χ1v) is 19.7. The first-order valence-electron chi connectivity index (χ1n) is 19.7. The van der Waals surface area contributed by atoms with Gasteiger partial charge in [-0.05, 0) is 127 Å². The second-order valence-electron chi connectivity index (χ2n) is 14.9. The van der Waals surface area contributed by atoms with Crippen LogP contribution in [0.5, 0.6) is 23.0 Å². The van der Waals surface area contributed by atoms with Crippen LogP contribution in [0.2, 0.25) is 0 Å². The summed E-state index contributed by atoms with van der Waals surface area (Å²) >= 11 is 0. The number of ether oxygens (including phenoxy) is 6. The number of esters is 2. The van der Waals surface area contributed by atoms with Gasteiger partial charge in [0.05, 0.1) is 44.2 Å². The predicted octanol–water partition coefficient (Wildman–Crippen LogP) is 10.4. The lowest BCUT2D eigenvalue weighted by Gasteiger charge is -2.37. The zero-order valence-corrected chi connectivity index (χ0v) is 31.9. The van der Waals surface area contributed by atoms with Crippen molar-refractivity contribution in [2.45, 2.75) is 84.5 Å². The van der Waals surface area contributed by atoms with Crippen LogP contribution in [0.25, 0.3) is 11.1 Å². The van der Waals surface area contributed by atoms with E-state index in [4.69, 9.17) is 28.4 Å². The lowest BCUT2D eigenvalue weighted by atomic mass is 9.90. The molecule has 54 heavy (non-hydrogen) atoms. The second kappa shape index (κ2) is 19.6. The standard InChI is InChI=1S/C46H54O8/c1-3-4-5-6-7-11-26-51-38-17-13-34(14-18-38)44(47)53-40-21-23-42-36(29-40)28-37-30-41(22-24-43(37)42)54-45(48)35-15-19-39(20-16-35)52-27-12-9-8-10-25-49-31-46(2)32-50-33-46/h13-24,29-30H,3-12,25-28,31-33H2,1-2H3. The normalized spacial score (nSPS) is 13.7. The van der Waals surface area contributed by atoms with Crippen molar-refractivity contribution in [3.05, 3.63) is 107 Å². The molecule has 4 aromatic carbocycles. The van der Waals surface area contributed by atoms with Gasteiger partial charge in [0.2, 0.25) is 0 Å². The minimum atomic E-state index is -0.426. The number of fused-ring (bicyclic) bond motifs is 3. The van der Waals surface area contributed by atoms with E-state index >= 15 is 0 Å². The van der Waals surface area contributed by atoms with Crippen molar-refractivity contribution in [1.82, 2.24) is 0 Å². The van der Waals surface area contributed by atoms with Gasteiger partial charge in [0.1, 0.15) is 23.0 Å². The van der Waals surface area contributed by atoms with Crippen LogP contribution in [0, 0.1) is 5.41 Å². The highest BCUT2D eigenvalue weighted by Crippen LogP contribution is 2.40. The summed E-state index contributed by atoms with van der Waals surface area (Å²) in [6.07, 6.45) is 12.1. The number of hydrogen-bond donors (Lipinski definition) is 0. The second-order valence-corrected chi connectivity index (χ2v) is 14.9. The minimum absolute atomic E-state index is 0.209. The highest BCUT2D eigenvalue weighted by Gasteiger charge is 2.33. The monoisotopic (exact) mass is 734 g/mol. The Hall–Kier alpha value is -4.66. The Balaban J connectivity index is 0.903. The quantitative estimate of drug-likeness (QED) is 0.0394. The molecule has 0 radical (unpaired) electrons. The summed E-state index contributed by atoms with van der Waals surface area (Å²) in [7, 11) is 0. The van der Waals surface area contributed by atoms with Gasteiger partial charge in [-0.25, -0.2) is 9.59 Å². The van der Waals surface area contributed by atoms with Gasteiger partial charge in [0, 0.05) is 12.0 Å². The van der Waals surface area contributed by atoms with Crippen molar-refractivity contribution >= 4 is 11.9 Å². The average Bonchev–Trinajstić information content (AvgIpc) is 3.53. The van der Waals surface area contributed by atoms with E-state index in [1.54, 1.807) is 36.4 Å². The first kappa shape index (κ1) is 39.0. The third-order valence-electron chi connectivity index (χ3n) is 10.00. The molecule has 8 heteroatoms. The molecule has 6 rings (SSSR count). The van der Waals surface area contributed by atoms with E-state index in [9.17, 15) is 9.59 Å². The van der Waals surface area contributed by atoms with Crippen LogP contribution < -0.4 is 18.9 Å². The van der Waals surface area contributed by atoms with Gasteiger partial charge < -0.3 is 28.4 Å². The molecule has 286 valence electrons. The van der Waals surface area contributed by atoms with Crippen LogP contribution >= 0.6 is 0 Å². The Labute approximate surface area is 320 Å². The van der Waals surface area contributed by atoms with Gasteiger partial charge >= 0.3 is 11.9 Å². The van der Waals surface area contributed by atoms with Gasteiger partial charge in [-0.15, -0.1) is 0 Å². The van der Waals surface area contributed by atoms with Crippen molar-refractivity contribution in [3.8, 4) is 34.1 Å². The zero-order valence-electron chi connectivity index (χ0n) is 31.9. The molecule has 0 unspecified atom stereocenters. The Kier molecular flexibility index (Phi) is 14.2. The van der Waals surface area contributed by atoms with E-state index < -0.39 is 11.9 Å². The number of carbonyl (C=O) groups excluding carboxylic acids is 2. The molecule has 0 spiro atoms. The van der Waals surface area contributed by atoms with Crippen LogP contribution in [-0.2, 0) is 15.9 Å². The number of hydrogen-bond acceptors (Lipinski definition) is 8. The highest BCUT2D eigenvalue weighted by atomic mass is 16.5. The predicted molar refractivity (Wildman–Crippen MR) is 210 cm³/mol. The third-order valence-corrected chi connectivity index (χ3v) is 10.00. The fraction of sp³-hybridized carbons (Fsp3) is 0.435. The lowest BCUT2D eigenvalue weighted by molar-refractivity contribution is -0.137. The largest absolute Gasteiger partial charge is 0.494 e. The maximum atomic E-state index is 13.0. The zero-order chi connectivity index (χ0) is 37.6. The maximum absolute atomic E-state index is 13.0.